The van der Waals surface area contributed by atoms with Crippen LogP contribution in [0.2, 0.25) is 0 Å². The Morgan fingerprint density at radius 2 is 1.14 bits per heavy atom. The fourth-order valence-electron chi connectivity index (χ4n) is 0.954. The molecule has 0 atom stereocenters. The summed E-state index contributed by atoms with van der Waals surface area (Å²) in [5.74, 6) is -1.51. The number of hydrogen-bond donors (Lipinski definition) is 2. The number of carbonyl (C=O) groups excluding carboxylic acids is 1. The predicted molar refractivity (Wildman–Crippen MR) is 81.2 cm³/mol. The van der Waals surface area contributed by atoms with E-state index in [0.717, 1.165) is 19.3 Å². The van der Waals surface area contributed by atoms with Crippen LogP contribution in [0.5, 0.6) is 0 Å². The summed E-state index contributed by atoms with van der Waals surface area (Å²) in [5.41, 5.74) is 0. The topological polar surface area (TPSA) is 101 Å². The van der Waals surface area contributed by atoms with Gasteiger partial charge in [-0.3, -0.25) is 14.4 Å². The molecule has 0 fully saturated rings. The molecule has 0 bridgehead atoms. The Bertz CT molecular complexity index is 257. The van der Waals surface area contributed by atoms with Gasteiger partial charge in [-0.1, -0.05) is 20.8 Å². The van der Waals surface area contributed by atoms with Crippen molar-refractivity contribution in [3.63, 3.8) is 0 Å². The van der Waals surface area contributed by atoms with E-state index >= 15 is 0 Å². The number of hydrogen-bond acceptors (Lipinski definition) is 4. The normalized spacial score (nSPS) is 8.86. The molecular weight excluding hydrogens is 276 g/mol. The van der Waals surface area contributed by atoms with Crippen LogP contribution in [0.3, 0.4) is 0 Å². The molecule has 21 heavy (non-hydrogen) atoms. The molecule has 0 aromatic rings. The quantitative estimate of drug-likeness (QED) is 0.698. The average Bonchev–Trinajstić information content (AvgIpc) is 2.29. The van der Waals surface area contributed by atoms with Crippen molar-refractivity contribution >= 4 is 17.9 Å². The molecule has 0 saturated heterocycles. The maximum atomic E-state index is 10.6. The minimum atomic E-state index is -0.711. The molecule has 0 aliphatic heterocycles. The van der Waals surface area contributed by atoms with E-state index in [1.807, 2.05) is 34.6 Å². The van der Waals surface area contributed by atoms with Gasteiger partial charge < -0.3 is 14.9 Å². The summed E-state index contributed by atoms with van der Waals surface area (Å²) < 4.78 is 4.85. The lowest BCUT2D eigenvalue weighted by Crippen LogP contribution is -2.10. The lowest BCUT2D eigenvalue weighted by molar-refractivity contribution is -0.147. The average molecular weight is 306 g/mol. The standard InChI is InChI=1S/C7H14O2.2C4H8O2/c1-4-5-7(8)9-6(2)3;2*1-2-3-4(5)6/h6H,4-5H2,1-3H3;2*2-3H2,1H3,(H,5,6). The van der Waals surface area contributed by atoms with Gasteiger partial charge in [0.05, 0.1) is 6.10 Å². The fourth-order valence-corrected chi connectivity index (χ4v) is 0.954. The molecule has 0 aromatic heterocycles. The van der Waals surface area contributed by atoms with E-state index in [-0.39, 0.29) is 12.1 Å². The summed E-state index contributed by atoms with van der Waals surface area (Å²) in [6, 6.07) is 0. The molecule has 0 rings (SSSR count). The Morgan fingerprint density at radius 3 is 1.29 bits per heavy atom. The van der Waals surface area contributed by atoms with Crippen LogP contribution in [0, 0.1) is 0 Å². The van der Waals surface area contributed by atoms with Gasteiger partial charge in [0.2, 0.25) is 0 Å². The zero-order valence-electron chi connectivity index (χ0n) is 13.8. The molecule has 0 radical (unpaired) electrons. The third-order valence-electron chi connectivity index (χ3n) is 1.75. The van der Waals surface area contributed by atoms with Crippen LogP contribution in [0.1, 0.15) is 73.1 Å². The Balaban J connectivity index is -0.000000240. The maximum absolute atomic E-state index is 10.6. The SMILES string of the molecule is CCCC(=O)O.CCCC(=O)O.CCCC(=O)OC(C)C. The third kappa shape index (κ3) is 38.1. The molecule has 0 unspecified atom stereocenters. The molecule has 6 nitrogen and oxygen atoms in total. The third-order valence-corrected chi connectivity index (χ3v) is 1.75. The number of ether oxygens (including phenoxy) is 1. The Kier molecular flexibility index (Phi) is 21.4. The van der Waals surface area contributed by atoms with Gasteiger partial charge in [0.25, 0.3) is 0 Å². The first-order valence-electron chi connectivity index (χ1n) is 7.34. The molecular formula is C15H30O6. The number of carboxylic acid groups (broad SMARTS) is 2. The van der Waals surface area contributed by atoms with Crippen LogP contribution in [0.4, 0.5) is 0 Å². The summed E-state index contributed by atoms with van der Waals surface area (Å²) in [4.78, 5) is 29.8. The van der Waals surface area contributed by atoms with Crippen LogP contribution in [0.15, 0.2) is 0 Å². The summed E-state index contributed by atoms with van der Waals surface area (Å²) in [6.07, 6.45) is 3.48. The van der Waals surface area contributed by atoms with Crippen LogP contribution in [-0.4, -0.2) is 34.2 Å². The molecule has 0 aliphatic carbocycles. The van der Waals surface area contributed by atoms with Crippen molar-refractivity contribution in [1.29, 1.82) is 0 Å². The second-order valence-electron chi connectivity index (χ2n) is 4.58. The van der Waals surface area contributed by atoms with Gasteiger partial charge in [-0.25, -0.2) is 0 Å². The van der Waals surface area contributed by atoms with Crippen molar-refractivity contribution in [2.75, 3.05) is 0 Å². The van der Waals surface area contributed by atoms with Crippen molar-refractivity contribution in [2.24, 2.45) is 0 Å². The highest BCUT2D eigenvalue weighted by Crippen LogP contribution is 1.94. The highest BCUT2D eigenvalue weighted by atomic mass is 16.5. The Labute approximate surface area is 127 Å². The van der Waals surface area contributed by atoms with Gasteiger partial charge in [0.15, 0.2) is 0 Å². The van der Waals surface area contributed by atoms with Gasteiger partial charge in [-0.05, 0) is 33.1 Å². The van der Waals surface area contributed by atoms with Crippen molar-refractivity contribution < 1.29 is 29.3 Å². The van der Waals surface area contributed by atoms with Gasteiger partial charge >= 0.3 is 17.9 Å². The molecule has 0 aliphatic rings. The second-order valence-corrected chi connectivity index (χ2v) is 4.58. The van der Waals surface area contributed by atoms with Crippen LogP contribution in [-0.2, 0) is 19.1 Å². The van der Waals surface area contributed by atoms with Gasteiger partial charge in [0, 0.05) is 19.3 Å². The van der Waals surface area contributed by atoms with Crippen molar-refractivity contribution in [2.45, 2.75) is 79.2 Å². The molecule has 126 valence electrons. The first kappa shape index (κ1) is 24.4. The highest BCUT2D eigenvalue weighted by Gasteiger charge is 2.01. The highest BCUT2D eigenvalue weighted by molar-refractivity contribution is 5.69. The molecule has 0 saturated carbocycles. The lowest BCUT2D eigenvalue weighted by atomic mass is 10.3. The number of esters is 1. The number of rotatable bonds is 7. The fraction of sp³-hybridized carbons (Fsp3) is 0.800. The van der Waals surface area contributed by atoms with E-state index in [1.54, 1.807) is 0 Å². The summed E-state index contributed by atoms with van der Waals surface area (Å²) in [7, 11) is 0. The van der Waals surface area contributed by atoms with Crippen LogP contribution < -0.4 is 0 Å². The van der Waals surface area contributed by atoms with Crippen molar-refractivity contribution in [3.05, 3.63) is 0 Å². The predicted octanol–water partition coefficient (Wildman–Crippen LogP) is 3.48. The minimum absolute atomic E-state index is 0.0315. The molecule has 0 heterocycles. The second kappa shape index (κ2) is 18.4. The van der Waals surface area contributed by atoms with E-state index in [1.165, 1.54) is 0 Å². The summed E-state index contributed by atoms with van der Waals surface area (Å²) in [6.45, 7) is 9.35. The molecule has 0 amide bonds. The molecule has 0 aromatic carbocycles. The number of carbonyl (C=O) groups is 3. The van der Waals surface area contributed by atoms with E-state index < -0.39 is 11.9 Å². The van der Waals surface area contributed by atoms with Crippen molar-refractivity contribution in [3.8, 4) is 0 Å². The molecule has 0 spiro atoms. The van der Waals surface area contributed by atoms with Crippen molar-refractivity contribution in [1.82, 2.24) is 0 Å². The van der Waals surface area contributed by atoms with E-state index in [4.69, 9.17) is 14.9 Å². The Morgan fingerprint density at radius 1 is 0.810 bits per heavy atom. The largest absolute Gasteiger partial charge is 0.481 e. The van der Waals surface area contributed by atoms with E-state index in [2.05, 4.69) is 0 Å². The summed E-state index contributed by atoms with van der Waals surface area (Å²) >= 11 is 0. The lowest BCUT2D eigenvalue weighted by Gasteiger charge is -2.05. The summed E-state index contributed by atoms with van der Waals surface area (Å²) in [5, 5.41) is 15.8. The zero-order chi connectivity index (χ0) is 17.3. The first-order valence-corrected chi connectivity index (χ1v) is 7.34. The van der Waals surface area contributed by atoms with Gasteiger partial charge in [0.1, 0.15) is 0 Å². The monoisotopic (exact) mass is 306 g/mol. The molecule has 2 N–H and O–H groups in total. The van der Waals surface area contributed by atoms with Crippen LogP contribution >= 0.6 is 0 Å². The van der Waals surface area contributed by atoms with E-state index in [0.29, 0.717) is 19.3 Å². The first-order chi connectivity index (χ1) is 9.70. The Hall–Kier alpha value is -1.59. The minimum Gasteiger partial charge on any atom is -0.481 e. The number of aliphatic carboxylic acids is 2. The van der Waals surface area contributed by atoms with Gasteiger partial charge in [-0.15, -0.1) is 0 Å². The van der Waals surface area contributed by atoms with E-state index in [9.17, 15) is 14.4 Å². The zero-order valence-corrected chi connectivity index (χ0v) is 13.8. The van der Waals surface area contributed by atoms with Crippen LogP contribution in [0.25, 0.3) is 0 Å². The maximum Gasteiger partial charge on any atom is 0.306 e. The molecule has 6 heteroatoms. The number of carboxylic acids is 2. The smallest absolute Gasteiger partial charge is 0.306 e. The van der Waals surface area contributed by atoms with Gasteiger partial charge in [-0.2, -0.15) is 0 Å².